The predicted octanol–water partition coefficient (Wildman–Crippen LogP) is -0.376. The van der Waals surface area contributed by atoms with Gasteiger partial charge in [0.2, 0.25) is 0 Å². The van der Waals surface area contributed by atoms with Crippen molar-refractivity contribution in [2.45, 2.75) is 73.8 Å². The van der Waals surface area contributed by atoms with Gasteiger partial charge in [-0.05, 0) is 37.6 Å². The van der Waals surface area contributed by atoms with Gasteiger partial charge in [-0.2, -0.15) is 0 Å². The lowest BCUT2D eigenvalue weighted by Gasteiger charge is -2.67. The molecule has 15 heteroatoms. The van der Waals surface area contributed by atoms with E-state index in [1.165, 1.54) is 0 Å². The van der Waals surface area contributed by atoms with Crippen LogP contribution in [0, 0.1) is 11.3 Å². The number of carbonyl (C=O) groups excluding carboxylic acids is 2. The van der Waals surface area contributed by atoms with Crippen LogP contribution >= 0.6 is 0 Å². The van der Waals surface area contributed by atoms with Gasteiger partial charge in [0, 0.05) is 12.3 Å². The van der Waals surface area contributed by atoms with Crippen LogP contribution in [-0.2, 0) is 28.4 Å². The molecule has 7 N–H and O–H groups in total. The third-order valence-corrected chi connectivity index (χ3v) is 10.1. The van der Waals surface area contributed by atoms with Crippen molar-refractivity contribution in [2.24, 2.45) is 11.3 Å². The number of carbonyl (C=O) groups is 2. The van der Waals surface area contributed by atoms with E-state index in [0.717, 1.165) is 12.1 Å². The molecule has 4 saturated heterocycles. The minimum Gasteiger partial charge on any atom is -0.504 e. The second-order valence-corrected chi connectivity index (χ2v) is 12.5. The lowest BCUT2D eigenvalue weighted by molar-refractivity contribution is -0.424. The summed E-state index contributed by atoms with van der Waals surface area (Å²) in [5.74, 6) is -6.19. The molecule has 4 heterocycles. The van der Waals surface area contributed by atoms with E-state index in [0.29, 0.717) is 5.56 Å². The number of benzene rings is 2. The van der Waals surface area contributed by atoms with Crippen molar-refractivity contribution < 1.29 is 73.8 Å². The van der Waals surface area contributed by atoms with Gasteiger partial charge in [0.05, 0.1) is 16.5 Å². The normalized spacial score (nSPS) is 42.3. The highest BCUT2D eigenvalue weighted by atomic mass is 16.8. The van der Waals surface area contributed by atoms with Crippen LogP contribution in [-0.4, -0.2) is 115 Å². The Morgan fingerprint density at radius 3 is 2.27 bits per heavy atom. The van der Waals surface area contributed by atoms with Crippen molar-refractivity contribution in [2.75, 3.05) is 13.2 Å². The van der Waals surface area contributed by atoms with Crippen LogP contribution in [0.5, 0.6) is 17.2 Å². The molecule has 0 radical (unpaired) electrons. The third kappa shape index (κ3) is 4.06. The number of aliphatic hydroxyl groups excluding tert-OH is 3. The van der Waals surface area contributed by atoms with Crippen molar-refractivity contribution in [1.29, 1.82) is 0 Å². The lowest BCUT2D eigenvalue weighted by Crippen LogP contribution is -2.80. The number of rotatable bonds is 8. The van der Waals surface area contributed by atoms with Gasteiger partial charge in [-0.25, -0.2) is 9.59 Å². The van der Waals surface area contributed by atoms with Gasteiger partial charge in [-0.15, -0.1) is 0 Å². The molecular formula is C30H32O15. The van der Waals surface area contributed by atoms with E-state index < -0.39 is 101 Å². The van der Waals surface area contributed by atoms with Gasteiger partial charge < -0.3 is 64.2 Å². The Balaban J connectivity index is 1.11. The summed E-state index contributed by atoms with van der Waals surface area (Å²) in [4.78, 5) is 25.5. The van der Waals surface area contributed by atoms with Gasteiger partial charge in [0.15, 0.2) is 35.6 Å². The molecule has 0 amide bonds. The Bertz CT molecular complexity index is 1510. The van der Waals surface area contributed by atoms with Crippen molar-refractivity contribution in [3.8, 4) is 17.2 Å². The molecule has 3 saturated carbocycles. The van der Waals surface area contributed by atoms with Gasteiger partial charge >= 0.3 is 11.9 Å². The standard InChI is InChI=1S/C30H32O15/c1-27-11-29(39)18-9-30(27,28(18,26(44-27)45-29)12-41-23(37)13-5-3-2-4-6-13)43-25-22(36)21(35)20(34)17(42-25)10-40-24(38)14-7-15(31)19(33)16(32)8-14/h2-8,17-18,20-22,25-26,31-36,39H,9-12H2,1H3/t17-,18?,20-,21+,22-,25+,26?,27-,28-,29?,30+/m1/s1. The first-order valence-electron chi connectivity index (χ1n) is 14.3. The molecule has 9 rings (SSSR count). The molecule has 0 aromatic heterocycles. The molecule has 242 valence electrons. The topological polar surface area (TPSA) is 231 Å². The Hall–Kier alpha value is -3.54. The van der Waals surface area contributed by atoms with Crippen LogP contribution in [0.25, 0.3) is 0 Å². The van der Waals surface area contributed by atoms with Crippen LogP contribution in [0.15, 0.2) is 42.5 Å². The Labute approximate surface area is 255 Å². The maximum atomic E-state index is 12.9. The molecule has 0 spiro atoms. The number of ether oxygens (including phenoxy) is 6. The summed E-state index contributed by atoms with van der Waals surface area (Å²) in [7, 11) is 0. The average Bonchev–Trinajstić information content (AvgIpc) is 3.20. The quantitative estimate of drug-likeness (QED) is 0.145. The molecule has 2 aromatic carbocycles. The van der Waals surface area contributed by atoms with Crippen molar-refractivity contribution in [3.63, 3.8) is 0 Å². The molecular weight excluding hydrogens is 600 g/mol. The summed E-state index contributed by atoms with van der Waals surface area (Å²) >= 11 is 0. The van der Waals surface area contributed by atoms with Crippen molar-refractivity contribution in [3.05, 3.63) is 53.6 Å². The van der Waals surface area contributed by atoms with Gasteiger partial charge in [0.25, 0.3) is 0 Å². The van der Waals surface area contributed by atoms with E-state index in [1.54, 1.807) is 37.3 Å². The van der Waals surface area contributed by atoms with E-state index in [1.807, 2.05) is 0 Å². The number of hydrogen-bond donors (Lipinski definition) is 7. The minimum atomic E-state index is -1.81. The highest BCUT2D eigenvalue weighted by Gasteiger charge is 2.94. The Morgan fingerprint density at radius 2 is 1.58 bits per heavy atom. The third-order valence-electron chi connectivity index (χ3n) is 10.1. The Kier molecular flexibility index (Phi) is 6.68. The SMILES string of the molecule is C[C@]12CC3(O)OC(O1)[C@@]1(COC(=O)c4ccccc4)C3C[C@@]12O[C@@H]1O[C@H](COC(=O)c2cc(O)c(O)c(O)c2)[C@@H](O)[C@H](O)[C@H]1O. The smallest absolute Gasteiger partial charge is 0.338 e. The fourth-order valence-corrected chi connectivity index (χ4v) is 7.82. The molecule has 15 nitrogen and oxygen atoms in total. The number of phenolic OH excluding ortho intramolecular Hbond substituents is 3. The first-order chi connectivity index (χ1) is 21.3. The molecule has 3 unspecified atom stereocenters. The van der Waals surface area contributed by atoms with E-state index >= 15 is 0 Å². The molecule has 6 bridgehead atoms. The van der Waals surface area contributed by atoms with Crippen molar-refractivity contribution >= 4 is 11.9 Å². The zero-order valence-electron chi connectivity index (χ0n) is 23.8. The monoisotopic (exact) mass is 632 g/mol. The zero-order valence-corrected chi connectivity index (χ0v) is 23.8. The molecule has 3 aliphatic carbocycles. The summed E-state index contributed by atoms with van der Waals surface area (Å²) < 4.78 is 35.3. The fourth-order valence-electron chi connectivity index (χ4n) is 7.82. The lowest BCUT2D eigenvalue weighted by atomic mass is 9.41. The molecule has 45 heavy (non-hydrogen) atoms. The van der Waals surface area contributed by atoms with Crippen LogP contribution < -0.4 is 0 Å². The number of aliphatic hydroxyl groups is 4. The van der Waals surface area contributed by atoms with E-state index in [2.05, 4.69) is 0 Å². The molecule has 7 aliphatic rings. The van der Waals surface area contributed by atoms with E-state index in [9.17, 15) is 45.3 Å². The predicted molar refractivity (Wildman–Crippen MR) is 143 cm³/mol. The fraction of sp³-hybridized carbons (Fsp3) is 0.533. The van der Waals surface area contributed by atoms with Gasteiger partial charge in [-0.1, -0.05) is 18.2 Å². The molecule has 7 fully saturated rings. The highest BCUT2D eigenvalue weighted by molar-refractivity contribution is 5.91. The summed E-state index contributed by atoms with van der Waals surface area (Å²) in [6.07, 6.45) is -9.21. The number of hydrogen-bond acceptors (Lipinski definition) is 15. The maximum Gasteiger partial charge on any atom is 0.338 e. The van der Waals surface area contributed by atoms with E-state index in [-0.39, 0.29) is 25.0 Å². The van der Waals surface area contributed by atoms with E-state index in [4.69, 9.17) is 28.4 Å². The molecule has 2 aromatic rings. The number of esters is 2. The minimum absolute atomic E-state index is 0.00307. The van der Waals surface area contributed by atoms with Crippen LogP contribution in [0.2, 0.25) is 0 Å². The summed E-state index contributed by atoms with van der Waals surface area (Å²) in [6, 6.07) is 10.0. The first-order valence-corrected chi connectivity index (χ1v) is 14.3. The van der Waals surface area contributed by atoms with Crippen molar-refractivity contribution in [1.82, 2.24) is 0 Å². The second kappa shape index (κ2) is 9.98. The van der Waals surface area contributed by atoms with Crippen LogP contribution in [0.1, 0.15) is 40.5 Å². The summed E-state index contributed by atoms with van der Waals surface area (Å²) in [6.45, 7) is 0.780. The first kappa shape index (κ1) is 30.1. The molecule has 4 aliphatic heterocycles. The largest absolute Gasteiger partial charge is 0.504 e. The molecule has 11 atom stereocenters. The van der Waals surface area contributed by atoms with Gasteiger partial charge in [0.1, 0.15) is 48.8 Å². The highest BCUT2D eigenvalue weighted by Crippen LogP contribution is 2.81. The van der Waals surface area contributed by atoms with Crippen LogP contribution in [0.4, 0.5) is 0 Å². The average molecular weight is 633 g/mol. The van der Waals surface area contributed by atoms with Crippen LogP contribution in [0.3, 0.4) is 0 Å². The maximum absolute atomic E-state index is 12.9. The number of aromatic hydroxyl groups is 3. The van der Waals surface area contributed by atoms with Gasteiger partial charge in [-0.3, -0.25) is 0 Å². The summed E-state index contributed by atoms with van der Waals surface area (Å²) in [5.41, 5.74) is -3.78. The summed E-state index contributed by atoms with van der Waals surface area (Å²) in [5, 5.41) is 72.6. The zero-order chi connectivity index (χ0) is 32.1. The number of phenols is 3. The Morgan fingerprint density at radius 1 is 0.911 bits per heavy atom. The second-order valence-electron chi connectivity index (χ2n) is 12.5.